The van der Waals surface area contributed by atoms with Crippen LogP contribution in [-0.4, -0.2) is 10.6 Å². The lowest BCUT2D eigenvalue weighted by Gasteiger charge is -2.27. The van der Waals surface area contributed by atoms with Crippen molar-refractivity contribution < 1.29 is 0 Å². The second-order valence-electron chi connectivity index (χ2n) is 5.79. The van der Waals surface area contributed by atoms with Gasteiger partial charge in [0.05, 0.1) is 0 Å². The van der Waals surface area contributed by atoms with Crippen molar-refractivity contribution in [3.8, 4) is 0 Å². The van der Waals surface area contributed by atoms with Crippen LogP contribution in [0.3, 0.4) is 0 Å². The molecule has 1 fully saturated rings. The Hall–Kier alpha value is -0.760. The maximum atomic E-state index is 3.73. The zero-order valence-electron chi connectivity index (χ0n) is 11.7. The molecule has 1 saturated carbocycles. The van der Waals surface area contributed by atoms with Crippen molar-refractivity contribution in [3.05, 3.63) is 23.0 Å². The van der Waals surface area contributed by atoms with Crippen LogP contribution >= 0.6 is 0 Å². The molecule has 0 aromatic carbocycles. The summed E-state index contributed by atoms with van der Waals surface area (Å²) < 4.78 is 2.28. The number of aromatic nitrogens is 1. The van der Waals surface area contributed by atoms with E-state index < -0.39 is 0 Å². The van der Waals surface area contributed by atoms with E-state index in [1.165, 1.54) is 42.6 Å². The van der Waals surface area contributed by atoms with Crippen molar-refractivity contribution in [1.29, 1.82) is 0 Å². The van der Waals surface area contributed by atoms with E-state index in [-0.39, 0.29) is 0 Å². The molecule has 0 unspecified atom stereocenters. The Morgan fingerprint density at radius 3 is 2.41 bits per heavy atom. The van der Waals surface area contributed by atoms with Crippen molar-refractivity contribution >= 4 is 0 Å². The average Bonchev–Trinajstić information content (AvgIpc) is 2.56. The zero-order chi connectivity index (χ0) is 12.4. The van der Waals surface area contributed by atoms with Gasteiger partial charge in [0.25, 0.3) is 0 Å². The standard InChI is InChI=1S/C15H26N2/c1-11-5-7-15(8-6-11)16-10-14-9-12(2)17(4)13(14)3/h9,11,15-16H,5-8,10H2,1-4H3. The minimum absolute atomic E-state index is 0.742. The third-order valence-corrected chi connectivity index (χ3v) is 4.48. The van der Waals surface area contributed by atoms with Gasteiger partial charge in [-0.3, -0.25) is 0 Å². The van der Waals surface area contributed by atoms with Gasteiger partial charge >= 0.3 is 0 Å². The molecule has 1 aliphatic carbocycles. The molecule has 0 atom stereocenters. The SMILES string of the molecule is Cc1cc(CNC2CCC(C)CC2)c(C)n1C. The Kier molecular flexibility index (Phi) is 3.93. The predicted molar refractivity (Wildman–Crippen MR) is 73.1 cm³/mol. The smallest absolute Gasteiger partial charge is 0.0225 e. The highest BCUT2D eigenvalue weighted by atomic mass is 15.0. The van der Waals surface area contributed by atoms with Gasteiger partial charge in [-0.2, -0.15) is 0 Å². The Labute approximate surface area is 105 Å². The molecule has 0 saturated heterocycles. The summed E-state index contributed by atoms with van der Waals surface area (Å²) in [4.78, 5) is 0. The van der Waals surface area contributed by atoms with Gasteiger partial charge in [-0.05, 0) is 57.1 Å². The van der Waals surface area contributed by atoms with Gasteiger partial charge < -0.3 is 9.88 Å². The molecule has 0 bridgehead atoms. The molecular formula is C15H26N2. The Morgan fingerprint density at radius 1 is 1.24 bits per heavy atom. The van der Waals surface area contributed by atoms with Crippen LogP contribution in [0.2, 0.25) is 0 Å². The number of nitrogens with one attached hydrogen (secondary N) is 1. The maximum absolute atomic E-state index is 3.73. The lowest BCUT2D eigenvalue weighted by Crippen LogP contribution is -2.32. The summed E-state index contributed by atoms with van der Waals surface area (Å²) in [6.45, 7) is 7.80. The van der Waals surface area contributed by atoms with Gasteiger partial charge in [-0.25, -0.2) is 0 Å². The summed E-state index contributed by atoms with van der Waals surface area (Å²) in [5.74, 6) is 0.939. The number of hydrogen-bond acceptors (Lipinski definition) is 1. The van der Waals surface area contributed by atoms with Gasteiger partial charge in [0.2, 0.25) is 0 Å². The van der Waals surface area contributed by atoms with Crippen LogP contribution in [0, 0.1) is 19.8 Å². The zero-order valence-corrected chi connectivity index (χ0v) is 11.7. The van der Waals surface area contributed by atoms with E-state index in [4.69, 9.17) is 0 Å². The van der Waals surface area contributed by atoms with E-state index in [0.29, 0.717) is 0 Å². The Morgan fingerprint density at radius 2 is 1.88 bits per heavy atom. The lowest BCUT2D eigenvalue weighted by molar-refractivity contribution is 0.306. The predicted octanol–water partition coefficient (Wildman–Crippen LogP) is 3.31. The normalized spacial score (nSPS) is 25.2. The molecule has 2 heteroatoms. The monoisotopic (exact) mass is 234 g/mol. The van der Waals surface area contributed by atoms with Gasteiger partial charge in [0.1, 0.15) is 0 Å². The van der Waals surface area contributed by atoms with Crippen LogP contribution in [0.25, 0.3) is 0 Å². The molecule has 0 spiro atoms. The summed E-state index contributed by atoms with van der Waals surface area (Å²) in [5.41, 5.74) is 4.22. The molecule has 17 heavy (non-hydrogen) atoms. The summed E-state index contributed by atoms with van der Waals surface area (Å²) in [6, 6.07) is 3.06. The first-order valence-electron chi connectivity index (χ1n) is 6.93. The summed E-state index contributed by atoms with van der Waals surface area (Å²) in [5, 5.41) is 3.73. The number of nitrogens with zero attached hydrogens (tertiary/aromatic N) is 1. The van der Waals surface area contributed by atoms with E-state index in [0.717, 1.165) is 18.5 Å². The molecule has 2 nitrogen and oxygen atoms in total. The molecule has 1 aromatic rings. The van der Waals surface area contributed by atoms with Gasteiger partial charge in [-0.1, -0.05) is 6.92 Å². The van der Waals surface area contributed by atoms with Gasteiger partial charge in [-0.15, -0.1) is 0 Å². The fraction of sp³-hybridized carbons (Fsp3) is 0.733. The maximum Gasteiger partial charge on any atom is 0.0225 e. The highest BCUT2D eigenvalue weighted by molar-refractivity contribution is 5.26. The summed E-state index contributed by atoms with van der Waals surface area (Å²) in [6.07, 6.45) is 5.49. The first-order valence-corrected chi connectivity index (χ1v) is 6.93. The third kappa shape index (κ3) is 2.92. The second-order valence-corrected chi connectivity index (χ2v) is 5.79. The molecule has 1 aliphatic rings. The largest absolute Gasteiger partial charge is 0.352 e. The van der Waals surface area contributed by atoms with Crippen molar-refractivity contribution in [3.63, 3.8) is 0 Å². The summed E-state index contributed by atoms with van der Waals surface area (Å²) >= 11 is 0. The van der Waals surface area contributed by atoms with Crippen LogP contribution < -0.4 is 5.32 Å². The molecule has 1 heterocycles. The fourth-order valence-corrected chi connectivity index (χ4v) is 2.83. The molecule has 2 rings (SSSR count). The third-order valence-electron chi connectivity index (χ3n) is 4.48. The van der Waals surface area contributed by atoms with Gasteiger partial charge in [0, 0.05) is 31.0 Å². The molecule has 0 aliphatic heterocycles. The molecule has 1 aromatic heterocycles. The van der Waals surface area contributed by atoms with E-state index in [1.807, 2.05) is 0 Å². The second kappa shape index (κ2) is 5.26. The molecule has 0 radical (unpaired) electrons. The van der Waals surface area contributed by atoms with E-state index >= 15 is 0 Å². The number of hydrogen-bond donors (Lipinski definition) is 1. The molecule has 96 valence electrons. The average molecular weight is 234 g/mol. The highest BCUT2D eigenvalue weighted by Crippen LogP contribution is 2.24. The van der Waals surface area contributed by atoms with Crippen LogP contribution in [0.5, 0.6) is 0 Å². The first kappa shape index (κ1) is 12.7. The van der Waals surface area contributed by atoms with Crippen molar-refractivity contribution in [1.82, 2.24) is 9.88 Å². The molecule has 1 N–H and O–H groups in total. The minimum Gasteiger partial charge on any atom is -0.352 e. The van der Waals surface area contributed by atoms with Crippen LogP contribution in [0.1, 0.15) is 49.6 Å². The number of rotatable bonds is 3. The topological polar surface area (TPSA) is 17.0 Å². The van der Waals surface area contributed by atoms with Crippen molar-refractivity contribution in [2.75, 3.05) is 0 Å². The first-order chi connectivity index (χ1) is 8.08. The molecule has 0 amide bonds. The Balaban J connectivity index is 1.87. The highest BCUT2D eigenvalue weighted by Gasteiger charge is 2.18. The minimum atomic E-state index is 0.742. The molecular weight excluding hydrogens is 208 g/mol. The van der Waals surface area contributed by atoms with Gasteiger partial charge in [0.15, 0.2) is 0 Å². The Bertz CT molecular complexity index is 371. The number of aryl methyl sites for hydroxylation is 1. The van der Waals surface area contributed by atoms with Crippen LogP contribution in [-0.2, 0) is 13.6 Å². The van der Waals surface area contributed by atoms with E-state index in [1.54, 1.807) is 0 Å². The lowest BCUT2D eigenvalue weighted by atomic mass is 9.87. The fourth-order valence-electron chi connectivity index (χ4n) is 2.83. The van der Waals surface area contributed by atoms with E-state index in [2.05, 4.69) is 43.8 Å². The van der Waals surface area contributed by atoms with Crippen molar-refractivity contribution in [2.45, 2.75) is 59.0 Å². The van der Waals surface area contributed by atoms with Crippen LogP contribution in [0.4, 0.5) is 0 Å². The van der Waals surface area contributed by atoms with E-state index in [9.17, 15) is 0 Å². The summed E-state index contributed by atoms with van der Waals surface area (Å²) in [7, 11) is 2.15. The quantitative estimate of drug-likeness (QED) is 0.849. The van der Waals surface area contributed by atoms with Crippen molar-refractivity contribution in [2.24, 2.45) is 13.0 Å². The van der Waals surface area contributed by atoms with Crippen LogP contribution in [0.15, 0.2) is 6.07 Å².